The van der Waals surface area contributed by atoms with Crippen molar-refractivity contribution < 1.29 is 4.74 Å². The fourth-order valence-electron chi connectivity index (χ4n) is 8.81. The van der Waals surface area contributed by atoms with Crippen molar-refractivity contribution in [3.63, 3.8) is 0 Å². The molecule has 0 spiro atoms. The van der Waals surface area contributed by atoms with Crippen molar-refractivity contribution in [3.8, 4) is 39.1 Å². The molecule has 3 heteroatoms. The zero-order valence-electron chi connectivity index (χ0n) is 35.6. The second kappa shape index (κ2) is 14.3. The first kappa shape index (κ1) is 39.8. The molecular formula is C51H63OSi2. The maximum absolute atomic E-state index is 6.92. The molecule has 0 heterocycles. The van der Waals surface area contributed by atoms with Crippen LogP contribution in [0.15, 0.2) is 104 Å². The fraction of sp³-hybridized carbons (Fsp3) is 0.373. The normalized spacial score (nSPS) is 13.6. The Labute approximate surface area is 330 Å². The van der Waals surface area contributed by atoms with Gasteiger partial charge in [-0.2, -0.15) is 0 Å². The summed E-state index contributed by atoms with van der Waals surface area (Å²) in [6.45, 7) is 37.9. The molecule has 0 aromatic heterocycles. The van der Waals surface area contributed by atoms with Gasteiger partial charge in [-0.1, -0.05) is 203 Å². The molecule has 0 N–H and O–H groups in total. The van der Waals surface area contributed by atoms with Crippen LogP contribution < -0.4 is 15.1 Å². The minimum atomic E-state index is -2.42. The maximum Gasteiger partial charge on any atom is 0.122 e. The number of benzene rings is 5. The van der Waals surface area contributed by atoms with Gasteiger partial charge < -0.3 is 4.74 Å². The Bertz CT molecular complexity index is 2110. The van der Waals surface area contributed by atoms with Crippen LogP contribution in [-0.4, -0.2) is 23.5 Å². The summed E-state index contributed by atoms with van der Waals surface area (Å²) in [6, 6.07) is 35.5. The standard InChI is InChI=1S/C51H63OSi2/c1-16-27-52-46-44(28-33(2)47(53(12)13)45(46)51(9,10)11)54(14,15)48-42-31-36(34-19-17-21-38(29-34)49(3,4)5)23-25-40(42)41-26-24-37(32-43(41)48)35-20-18-22-39(30-35)50(6,7)8/h16-26,28-32,48H,1,27H2,2-15H3. The van der Waals surface area contributed by atoms with Crippen LogP contribution in [0.2, 0.25) is 26.2 Å². The summed E-state index contributed by atoms with van der Waals surface area (Å²) in [5, 5.41) is 2.94. The highest BCUT2D eigenvalue weighted by molar-refractivity contribution is 6.92. The third kappa shape index (κ3) is 7.39. The minimum absolute atomic E-state index is 0.0685. The van der Waals surface area contributed by atoms with Crippen molar-refractivity contribution in [1.29, 1.82) is 0 Å². The van der Waals surface area contributed by atoms with E-state index in [1.165, 1.54) is 77.1 Å². The predicted octanol–water partition coefficient (Wildman–Crippen LogP) is 13.0. The number of fused-ring (bicyclic) bond motifs is 3. The lowest BCUT2D eigenvalue weighted by Crippen LogP contribution is -2.51. The van der Waals surface area contributed by atoms with Crippen molar-refractivity contribution in [3.05, 3.63) is 137 Å². The lowest BCUT2D eigenvalue weighted by molar-refractivity contribution is 0.354. The highest BCUT2D eigenvalue weighted by Gasteiger charge is 2.45. The van der Waals surface area contributed by atoms with E-state index in [0.717, 1.165) is 5.75 Å². The van der Waals surface area contributed by atoms with Gasteiger partial charge in [0.1, 0.15) is 12.4 Å². The van der Waals surface area contributed by atoms with Gasteiger partial charge in [-0.05, 0) is 89.6 Å². The molecule has 1 radical (unpaired) electrons. The van der Waals surface area contributed by atoms with E-state index < -0.39 is 16.9 Å². The first-order chi connectivity index (χ1) is 25.1. The number of hydrogen-bond acceptors (Lipinski definition) is 1. The van der Waals surface area contributed by atoms with Crippen LogP contribution in [0.25, 0.3) is 33.4 Å². The molecule has 1 aliphatic carbocycles. The van der Waals surface area contributed by atoms with E-state index in [1.54, 1.807) is 0 Å². The van der Waals surface area contributed by atoms with E-state index in [9.17, 15) is 0 Å². The van der Waals surface area contributed by atoms with E-state index in [-0.39, 0.29) is 21.8 Å². The summed E-state index contributed by atoms with van der Waals surface area (Å²) in [6.07, 6.45) is 1.91. The molecule has 5 aromatic carbocycles. The topological polar surface area (TPSA) is 9.23 Å². The largest absolute Gasteiger partial charge is 0.489 e. The number of ether oxygens (including phenoxy) is 1. The average Bonchev–Trinajstić information content (AvgIpc) is 3.43. The maximum atomic E-state index is 6.92. The molecule has 6 rings (SSSR count). The first-order valence-corrected chi connectivity index (χ1v) is 25.4. The molecule has 0 saturated carbocycles. The van der Waals surface area contributed by atoms with Crippen LogP contribution in [0.1, 0.15) is 101 Å². The van der Waals surface area contributed by atoms with Gasteiger partial charge in [-0.15, -0.1) is 0 Å². The van der Waals surface area contributed by atoms with Gasteiger partial charge in [0.15, 0.2) is 0 Å². The van der Waals surface area contributed by atoms with Crippen molar-refractivity contribution in [2.45, 2.75) is 117 Å². The van der Waals surface area contributed by atoms with Crippen LogP contribution in [0.3, 0.4) is 0 Å². The fourth-order valence-corrected chi connectivity index (χ4v) is 14.4. The molecule has 0 aliphatic heterocycles. The molecule has 54 heavy (non-hydrogen) atoms. The Morgan fingerprint density at radius 3 is 1.52 bits per heavy atom. The van der Waals surface area contributed by atoms with E-state index in [1.807, 2.05) is 6.08 Å². The summed E-state index contributed by atoms with van der Waals surface area (Å²) < 4.78 is 6.92. The van der Waals surface area contributed by atoms with Gasteiger partial charge in [-0.3, -0.25) is 0 Å². The van der Waals surface area contributed by atoms with Crippen LogP contribution in [-0.2, 0) is 16.2 Å². The minimum Gasteiger partial charge on any atom is -0.489 e. The lowest BCUT2D eigenvalue weighted by Gasteiger charge is -2.38. The van der Waals surface area contributed by atoms with Crippen molar-refractivity contribution in [2.24, 2.45) is 0 Å². The zero-order chi connectivity index (χ0) is 39.5. The molecule has 5 aromatic rings. The van der Waals surface area contributed by atoms with E-state index in [2.05, 4.69) is 193 Å². The van der Waals surface area contributed by atoms with Crippen LogP contribution in [0.4, 0.5) is 0 Å². The molecule has 1 nitrogen and oxygen atoms in total. The smallest absolute Gasteiger partial charge is 0.122 e. The Morgan fingerprint density at radius 2 is 1.11 bits per heavy atom. The highest BCUT2D eigenvalue weighted by atomic mass is 28.3. The van der Waals surface area contributed by atoms with Crippen LogP contribution in [0, 0.1) is 6.92 Å². The number of aryl methyl sites for hydroxylation is 1. The van der Waals surface area contributed by atoms with E-state index in [0.29, 0.717) is 6.61 Å². The van der Waals surface area contributed by atoms with Gasteiger partial charge in [-0.25, -0.2) is 0 Å². The molecule has 0 fully saturated rings. The van der Waals surface area contributed by atoms with Gasteiger partial charge in [0.05, 0.1) is 16.9 Å². The molecule has 0 atom stereocenters. The van der Waals surface area contributed by atoms with Gasteiger partial charge in [0.2, 0.25) is 0 Å². The molecule has 0 saturated heterocycles. The Morgan fingerprint density at radius 1 is 0.648 bits per heavy atom. The number of hydrogen-bond donors (Lipinski definition) is 0. The average molecular weight is 748 g/mol. The van der Waals surface area contributed by atoms with Crippen molar-refractivity contribution in [1.82, 2.24) is 0 Å². The third-order valence-electron chi connectivity index (χ3n) is 11.6. The third-order valence-corrected chi connectivity index (χ3v) is 17.1. The van der Waals surface area contributed by atoms with Gasteiger partial charge >= 0.3 is 0 Å². The van der Waals surface area contributed by atoms with Crippen molar-refractivity contribution in [2.75, 3.05) is 6.61 Å². The second-order valence-corrected chi connectivity index (χ2v) is 26.6. The first-order valence-electron chi connectivity index (χ1n) is 19.9. The summed E-state index contributed by atoms with van der Waals surface area (Å²) in [5.74, 6) is 1.11. The molecule has 1 aliphatic rings. The van der Waals surface area contributed by atoms with Gasteiger partial charge in [0.25, 0.3) is 0 Å². The SMILES string of the molecule is C=CCOc1c([Si](C)(C)C2c3cc(-c4cccc(C(C)(C)C)c4)ccc3-c3ccc(-c4cccc(C(C)(C)C)c4)cc32)cc(C)c([Si](C)C)c1C(C)(C)C. The van der Waals surface area contributed by atoms with Crippen molar-refractivity contribution >= 4 is 27.2 Å². The molecule has 0 unspecified atom stereocenters. The summed E-state index contributed by atoms with van der Waals surface area (Å²) >= 11 is 0. The van der Waals surface area contributed by atoms with Crippen LogP contribution in [0.5, 0.6) is 5.75 Å². The van der Waals surface area contributed by atoms with Crippen LogP contribution >= 0.6 is 0 Å². The lowest BCUT2D eigenvalue weighted by atomic mass is 9.85. The summed E-state index contributed by atoms with van der Waals surface area (Å²) in [7, 11) is -3.19. The number of rotatable bonds is 8. The second-order valence-electron chi connectivity index (χ2n) is 19.6. The zero-order valence-corrected chi connectivity index (χ0v) is 37.6. The summed E-state index contributed by atoms with van der Waals surface area (Å²) in [5.41, 5.74) is 16.6. The predicted molar refractivity (Wildman–Crippen MR) is 242 cm³/mol. The Hall–Kier alpha value is -3.93. The molecule has 0 bridgehead atoms. The molecular weight excluding hydrogens is 685 g/mol. The highest BCUT2D eigenvalue weighted by Crippen LogP contribution is 2.52. The molecule has 0 amide bonds. The van der Waals surface area contributed by atoms with E-state index in [4.69, 9.17) is 4.74 Å². The Balaban J connectivity index is 1.64. The molecule has 281 valence electrons. The monoisotopic (exact) mass is 747 g/mol. The summed E-state index contributed by atoms with van der Waals surface area (Å²) in [4.78, 5) is 0. The van der Waals surface area contributed by atoms with Gasteiger partial charge in [0, 0.05) is 5.54 Å². The Kier molecular flexibility index (Phi) is 10.5. The quantitative estimate of drug-likeness (QED) is 0.113. The van der Waals surface area contributed by atoms with E-state index >= 15 is 0 Å².